The van der Waals surface area contributed by atoms with Gasteiger partial charge in [0.1, 0.15) is 0 Å². The lowest BCUT2D eigenvalue weighted by Gasteiger charge is -2.15. The van der Waals surface area contributed by atoms with Crippen molar-refractivity contribution in [2.75, 3.05) is 13.6 Å². The van der Waals surface area contributed by atoms with Gasteiger partial charge in [-0.2, -0.15) is 5.26 Å². The highest BCUT2D eigenvalue weighted by molar-refractivity contribution is 5.91. The van der Waals surface area contributed by atoms with Crippen molar-refractivity contribution in [1.82, 2.24) is 4.90 Å². The van der Waals surface area contributed by atoms with Gasteiger partial charge >= 0.3 is 0 Å². The molecule has 100 valence electrons. The van der Waals surface area contributed by atoms with Crippen molar-refractivity contribution >= 4 is 12.0 Å². The number of nitrogens with zero attached hydrogens (tertiary/aromatic N) is 2. The van der Waals surface area contributed by atoms with Crippen molar-refractivity contribution < 1.29 is 9.90 Å². The summed E-state index contributed by atoms with van der Waals surface area (Å²) in [7, 11) is 1.70. The maximum absolute atomic E-state index is 11.8. The Labute approximate surface area is 113 Å². The monoisotopic (exact) mass is 258 g/mol. The summed E-state index contributed by atoms with van der Waals surface area (Å²) in [4.78, 5) is 13.3. The van der Waals surface area contributed by atoms with Crippen molar-refractivity contribution in [3.8, 4) is 6.07 Å². The fraction of sp³-hybridized carbons (Fsp3) is 0.333. The summed E-state index contributed by atoms with van der Waals surface area (Å²) in [5.74, 6) is -0.122. The molecule has 1 unspecified atom stereocenters. The van der Waals surface area contributed by atoms with Crippen LogP contribution in [0.3, 0.4) is 0 Å². The molecule has 4 nitrogen and oxygen atoms in total. The van der Waals surface area contributed by atoms with Crippen LogP contribution in [-0.4, -0.2) is 35.6 Å². The number of carbonyl (C=O) groups excluding carboxylic acids is 1. The number of carbonyl (C=O) groups is 1. The first kappa shape index (κ1) is 14.9. The van der Waals surface area contributed by atoms with E-state index in [-0.39, 0.29) is 5.91 Å². The number of aliphatic hydroxyl groups excluding tert-OH is 1. The second kappa shape index (κ2) is 7.34. The van der Waals surface area contributed by atoms with Crippen molar-refractivity contribution in [2.45, 2.75) is 19.4 Å². The van der Waals surface area contributed by atoms with E-state index < -0.39 is 6.10 Å². The second-order valence-electron chi connectivity index (χ2n) is 4.47. The van der Waals surface area contributed by atoms with Crippen LogP contribution in [0.1, 0.15) is 24.5 Å². The molecule has 0 fully saturated rings. The third kappa shape index (κ3) is 5.36. The van der Waals surface area contributed by atoms with Crippen LogP contribution in [0, 0.1) is 11.3 Å². The molecule has 0 aliphatic rings. The summed E-state index contributed by atoms with van der Waals surface area (Å²) in [5.41, 5.74) is 1.38. The van der Waals surface area contributed by atoms with E-state index in [2.05, 4.69) is 6.07 Å². The first-order valence-electron chi connectivity index (χ1n) is 6.14. The summed E-state index contributed by atoms with van der Waals surface area (Å²) >= 11 is 0. The van der Waals surface area contributed by atoms with Gasteiger partial charge in [0.2, 0.25) is 5.91 Å². The van der Waals surface area contributed by atoms with Crippen LogP contribution < -0.4 is 0 Å². The normalized spacial score (nSPS) is 12.1. The molecule has 1 amide bonds. The molecule has 19 heavy (non-hydrogen) atoms. The van der Waals surface area contributed by atoms with Crippen molar-refractivity contribution in [1.29, 1.82) is 5.26 Å². The van der Waals surface area contributed by atoms with Crippen molar-refractivity contribution in [2.24, 2.45) is 0 Å². The molecule has 1 rings (SSSR count). The van der Waals surface area contributed by atoms with Crippen LogP contribution >= 0.6 is 0 Å². The third-order valence-corrected chi connectivity index (χ3v) is 2.69. The Morgan fingerprint density at radius 3 is 2.95 bits per heavy atom. The average Bonchev–Trinajstić information content (AvgIpc) is 2.42. The summed E-state index contributed by atoms with van der Waals surface area (Å²) < 4.78 is 0. The van der Waals surface area contributed by atoms with Crippen molar-refractivity contribution in [3.05, 3.63) is 41.5 Å². The number of hydrogen-bond donors (Lipinski definition) is 1. The summed E-state index contributed by atoms with van der Waals surface area (Å²) in [6.45, 7) is 2.21. The van der Waals surface area contributed by atoms with E-state index in [1.807, 2.05) is 6.07 Å². The van der Waals surface area contributed by atoms with Crippen LogP contribution in [0.25, 0.3) is 6.08 Å². The van der Waals surface area contributed by atoms with E-state index in [9.17, 15) is 4.79 Å². The summed E-state index contributed by atoms with van der Waals surface area (Å²) in [6.07, 6.45) is 3.30. The molecule has 1 aromatic rings. The molecule has 1 N–H and O–H groups in total. The number of likely N-dealkylation sites (N-methyl/N-ethyl adjacent to an activating group) is 1. The molecule has 0 aliphatic heterocycles. The number of aliphatic hydroxyl groups is 1. The van der Waals surface area contributed by atoms with E-state index in [0.29, 0.717) is 18.5 Å². The molecule has 0 aromatic heterocycles. The highest BCUT2D eigenvalue weighted by Gasteiger charge is 2.05. The number of benzene rings is 1. The molecule has 0 aliphatic carbocycles. The van der Waals surface area contributed by atoms with E-state index in [0.717, 1.165) is 5.56 Å². The molecular formula is C15H18N2O2. The largest absolute Gasteiger partial charge is 0.393 e. The molecule has 0 heterocycles. The van der Waals surface area contributed by atoms with Gasteiger partial charge in [0, 0.05) is 19.7 Å². The minimum atomic E-state index is -0.411. The molecule has 4 heteroatoms. The van der Waals surface area contributed by atoms with Gasteiger partial charge in [-0.1, -0.05) is 12.1 Å². The topological polar surface area (TPSA) is 64.3 Å². The number of nitriles is 1. The molecule has 0 bridgehead atoms. The second-order valence-corrected chi connectivity index (χ2v) is 4.47. The zero-order chi connectivity index (χ0) is 14.3. The molecule has 1 atom stereocenters. The number of hydrogen-bond acceptors (Lipinski definition) is 3. The predicted molar refractivity (Wildman–Crippen MR) is 74.1 cm³/mol. The Bertz CT molecular complexity index is 501. The van der Waals surface area contributed by atoms with Gasteiger partial charge in [0.25, 0.3) is 0 Å². The van der Waals surface area contributed by atoms with Crippen LogP contribution in [0.15, 0.2) is 30.3 Å². The fourth-order valence-electron chi connectivity index (χ4n) is 1.50. The predicted octanol–water partition coefficient (Wildman–Crippen LogP) is 1.80. The lowest BCUT2D eigenvalue weighted by atomic mass is 10.1. The molecule has 0 radical (unpaired) electrons. The minimum Gasteiger partial charge on any atom is -0.393 e. The van der Waals surface area contributed by atoms with Crippen LogP contribution in [-0.2, 0) is 4.79 Å². The Hall–Kier alpha value is -2.12. The van der Waals surface area contributed by atoms with E-state index in [4.69, 9.17) is 10.4 Å². The lowest BCUT2D eigenvalue weighted by molar-refractivity contribution is -0.124. The van der Waals surface area contributed by atoms with Gasteiger partial charge in [-0.25, -0.2) is 0 Å². The first-order chi connectivity index (χ1) is 9.02. The summed E-state index contributed by atoms with van der Waals surface area (Å²) in [5, 5.41) is 17.9. The van der Waals surface area contributed by atoms with Gasteiger partial charge in [-0.05, 0) is 37.1 Å². The Morgan fingerprint density at radius 1 is 1.58 bits per heavy atom. The van der Waals surface area contributed by atoms with Gasteiger partial charge < -0.3 is 10.0 Å². The van der Waals surface area contributed by atoms with Crippen molar-refractivity contribution in [3.63, 3.8) is 0 Å². The third-order valence-electron chi connectivity index (χ3n) is 2.69. The minimum absolute atomic E-state index is 0.122. The molecular weight excluding hydrogens is 240 g/mol. The van der Waals surface area contributed by atoms with Crippen LogP contribution in [0.4, 0.5) is 0 Å². The van der Waals surface area contributed by atoms with Gasteiger partial charge in [0.05, 0.1) is 17.7 Å². The fourth-order valence-corrected chi connectivity index (χ4v) is 1.50. The van der Waals surface area contributed by atoms with Gasteiger partial charge in [0.15, 0.2) is 0 Å². The van der Waals surface area contributed by atoms with Gasteiger partial charge in [-0.15, -0.1) is 0 Å². The smallest absolute Gasteiger partial charge is 0.246 e. The Morgan fingerprint density at radius 2 is 2.32 bits per heavy atom. The maximum atomic E-state index is 11.8. The molecule has 0 saturated heterocycles. The maximum Gasteiger partial charge on any atom is 0.246 e. The standard InChI is InChI=1S/C15H18N2O2/c1-12(18)8-9-17(2)15(19)7-6-13-4-3-5-14(10-13)11-16/h3-7,10,12,18H,8-9H2,1-2H3. The van der Waals surface area contributed by atoms with E-state index in [1.54, 1.807) is 43.1 Å². The summed E-state index contributed by atoms with van der Waals surface area (Å²) in [6, 6.07) is 9.10. The van der Waals surface area contributed by atoms with E-state index >= 15 is 0 Å². The average molecular weight is 258 g/mol. The Kier molecular flexibility index (Phi) is 5.77. The number of amides is 1. The SMILES string of the molecule is CC(O)CCN(C)C(=O)C=Cc1cccc(C#N)c1. The van der Waals surface area contributed by atoms with E-state index in [1.165, 1.54) is 6.08 Å². The molecule has 0 spiro atoms. The van der Waals surface area contributed by atoms with Crippen LogP contribution in [0.5, 0.6) is 0 Å². The first-order valence-corrected chi connectivity index (χ1v) is 6.14. The van der Waals surface area contributed by atoms with Crippen LogP contribution in [0.2, 0.25) is 0 Å². The Balaban J connectivity index is 2.60. The number of rotatable bonds is 5. The van der Waals surface area contributed by atoms with Gasteiger partial charge in [-0.3, -0.25) is 4.79 Å². The highest BCUT2D eigenvalue weighted by atomic mass is 16.3. The zero-order valence-electron chi connectivity index (χ0n) is 11.2. The quantitative estimate of drug-likeness (QED) is 0.819. The molecule has 1 aromatic carbocycles. The highest BCUT2D eigenvalue weighted by Crippen LogP contribution is 2.06. The lowest BCUT2D eigenvalue weighted by Crippen LogP contribution is -2.27. The molecule has 0 saturated carbocycles. The zero-order valence-corrected chi connectivity index (χ0v) is 11.2.